The Bertz CT molecular complexity index is 868. The van der Waals surface area contributed by atoms with Gasteiger partial charge in [0, 0.05) is 15.9 Å². The first-order chi connectivity index (χ1) is 13.0. The molecule has 0 aliphatic carbocycles. The topological polar surface area (TPSA) is 29.5 Å². The summed E-state index contributed by atoms with van der Waals surface area (Å²) < 4.78 is 7.37. The first-order valence-electron chi connectivity index (χ1n) is 9.13. The van der Waals surface area contributed by atoms with Crippen molar-refractivity contribution in [3.05, 3.63) is 56.5 Å². The number of hydrogen-bond donors (Lipinski definition) is 0. The van der Waals surface area contributed by atoms with Crippen LogP contribution in [0.15, 0.2) is 50.2 Å². The van der Waals surface area contributed by atoms with E-state index in [1.807, 2.05) is 31.2 Å². The van der Waals surface area contributed by atoms with Crippen LogP contribution in [0.2, 0.25) is 0 Å². The van der Waals surface area contributed by atoms with Crippen molar-refractivity contribution in [2.24, 2.45) is 0 Å². The van der Waals surface area contributed by atoms with Gasteiger partial charge in [-0.15, -0.1) is 11.8 Å². The van der Waals surface area contributed by atoms with E-state index in [-0.39, 0.29) is 5.78 Å². The van der Waals surface area contributed by atoms with Gasteiger partial charge in [-0.1, -0.05) is 34.1 Å². The Labute approximate surface area is 181 Å². The van der Waals surface area contributed by atoms with Crippen LogP contribution < -0.4 is 4.74 Å². The number of carbonyl (C=O) groups excluding carboxylic acids is 1. The first-order valence-corrected chi connectivity index (χ1v) is 11.5. The lowest BCUT2D eigenvalue weighted by molar-refractivity contribution is 0.0831. The van der Waals surface area contributed by atoms with Gasteiger partial charge in [-0.25, -0.2) is 0 Å². The highest BCUT2D eigenvalue weighted by Gasteiger charge is 2.47. The van der Waals surface area contributed by atoms with Crippen LogP contribution in [0.5, 0.6) is 5.75 Å². The van der Waals surface area contributed by atoms with Crippen molar-refractivity contribution < 1.29 is 9.53 Å². The van der Waals surface area contributed by atoms with E-state index in [2.05, 4.69) is 48.9 Å². The van der Waals surface area contributed by atoms with Gasteiger partial charge >= 0.3 is 0 Å². The number of ketones is 1. The average molecular weight is 511 g/mol. The average Bonchev–Trinajstić information content (AvgIpc) is 3.17. The number of halogens is 2. The maximum Gasteiger partial charge on any atom is 0.187 e. The van der Waals surface area contributed by atoms with Gasteiger partial charge in [0.25, 0.3) is 0 Å². The van der Waals surface area contributed by atoms with E-state index >= 15 is 0 Å². The molecule has 1 atom stereocenters. The maximum absolute atomic E-state index is 13.8. The summed E-state index contributed by atoms with van der Waals surface area (Å²) in [4.78, 5) is 17.3. The third-order valence-electron chi connectivity index (χ3n) is 5.24. The summed E-state index contributed by atoms with van der Waals surface area (Å²) in [6.07, 6.45) is 2.40. The third-order valence-corrected chi connectivity index (χ3v) is 8.35. The monoisotopic (exact) mass is 509 g/mol. The number of ether oxygens (including phenoxy) is 1. The summed E-state index contributed by atoms with van der Waals surface area (Å²) >= 11 is 8.84. The van der Waals surface area contributed by atoms with Gasteiger partial charge in [0.2, 0.25) is 0 Å². The molecule has 2 aromatic carbocycles. The normalized spacial score (nSPS) is 22.6. The lowest BCUT2D eigenvalue weighted by Gasteiger charge is -2.39. The molecule has 2 aromatic rings. The molecule has 1 fully saturated rings. The van der Waals surface area contributed by atoms with E-state index in [4.69, 9.17) is 4.74 Å². The fourth-order valence-corrected chi connectivity index (χ4v) is 6.29. The molecule has 27 heavy (non-hydrogen) atoms. The predicted molar refractivity (Wildman–Crippen MR) is 117 cm³/mol. The van der Waals surface area contributed by atoms with Gasteiger partial charge in [0.1, 0.15) is 17.1 Å². The molecule has 3 nitrogen and oxygen atoms in total. The van der Waals surface area contributed by atoms with E-state index in [0.29, 0.717) is 24.5 Å². The number of thioether (sulfide) groups is 1. The Morgan fingerprint density at radius 2 is 1.89 bits per heavy atom. The molecular weight excluding hydrogens is 490 g/mol. The third kappa shape index (κ3) is 3.74. The highest BCUT2D eigenvalue weighted by molar-refractivity contribution is 9.11. The summed E-state index contributed by atoms with van der Waals surface area (Å²) in [6.45, 7) is 5.21. The van der Waals surface area contributed by atoms with Crippen LogP contribution >= 0.6 is 43.6 Å². The number of Topliss-reactive ketones (excluding diaryl/α,β-unsaturated/α-hetero) is 1. The Morgan fingerprint density at radius 1 is 1.19 bits per heavy atom. The molecular formula is C21H21Br2NO2S. The summed E-state index contributed by atoms with van der Waals surface area (Å²) in [5.74, 6) is 0.831. The van der Waals surface area contributed by atoms with Gasteiger partial charge in [-0.05, 0) is 72.5 Å². The number of hydrogen-bond acceptors (Lipinski definition) is 4. The largest absolute Gasteiger partial charge is 0.490 e. The van der Waals surface area contributed by atoms with Gasteiger partial charge in [-0.3, -0.25) is 4.79 Å². The zero-order chi connectivity index (χ0) is 19.0. The molecule has 142 valence electrons. The Hall–Kier alpha value is -0.820. The van der Waals surface area contributed by atoms with Gasteiger partial charge < -0.3 is 9.64 Å². The van der Waals surface area contributed by atoms with Crippen LogP contribution in [0.25, 0.3) is 0 Å². The molecule has 1 saturated heterocycles. The number of benzene rings is 2. The molecule has 6 heteroatoms. The predicted octanol–water partition coefficient (Wildman–Crippen LogP) is 5.72. The molecule has 0 saturated carbocycles. The zero-order valence-corrected chi connectivity index (χ0v) is 19.1. The van der Waals surface area contributed by atoms with Gasteiger partial charge in [0.05, 0.1) is 10.0 Å². The molecule has 2 aliphatic heterocycles. The van der Waals surface area contributed by atoms with Crippen molar-refractivity contribution in [1.29, 1.82) is 0 Å². The second-order valence-electron chi connectivity index (χ2n) is 7.18. The van der Waals surface area contributed by atoms with Crippen LogP contribution in [-0.2, 0) is 0 Å². The van der Waals surface area contributed by atoms with Crippen molar-refractivity contribution in [3.63, 3.8) is 0 Å². The number of nitrogens with zero attached hydrogens (tertiary/aromatic N) is 1. The summed E-state index contributed by atoms with van der Waals surface area (Å²) in [5, 5.41) is 0. The summed E-state index contributed by atoms with van der Waals surface area (Å²) in [6, 6.07) is 12.1. The fraction of sp³-hybridized carbons (Fsp3) is 0.381. The molecule has 0 amide bonds. The van der Waals surface area contributed by atoms with Gasteiger partial charge in [0.15, 0.2) is 5.78 Å². The maximum atomic E-state index is 13.8. The highest BCUT2D eigenvalue weighted by atomic mass is 79.9. The quantitative estimate of drug-likeness (QED) is 0.526. The minimum atomic E-state index is -0.632. The molecule has 0 spiro atoms. The molecule has 0 unspecified atom stereocenters. The molecule has 2 heterocycles. The van der Waals surface area contributed by atoms with E-state index < -0.39 is 4.75 Å². The second kappa shape index (κ2) is 7.90. The van der Waals surface area contributed by atoms with E-state index in [0.717, 1.165) is 32.5 Å². The standard InChI is InChI=1S/C21H21Br2NO2S/c1-14-17(22)11-16-19(18(14)23)26-13-21(20(16)25,12-24-9-5-6-10-24)27-15-7-3-2-4-8-15/h2-4,7-8,11H,5-6,9-10,12-13H2,1H3/t21-/m0/s1. The minimum Gasteiger partial charge on any atom is -0.490 e. The molecule has 2 aliphatic rings. The molecule has 0 N–H and O–H groups in total. The van der Waals surface area contributed by atoms with E-state index in [1.54, 1.807) is 11.8 Å². The van der Waals surface area contributed by atoms with Crippen LogP contribution in [0.4, 0.5) is 0 Å². The fourth-order valence-electron chi connectivity index (χ4n) is 3.74. The zero-order valence-electron chi connectivity index (χ0n) is 15.1. The molecule has 0 aromatic heterocycles. The van der Waals surface area contributed by atoms with Crippen molar-refractivity contribution in [1.82, 2.24) is 4.90 Å². The highest BCUT2D eigenvalue weighted by Crippen LogP contribution is 2.46. The number of carbonyl (C=O) groups is 1. The van der Waals surface area contributed by atoms with Crippen molar-refractivity contribution >= 4 is 49.4 Å². The Kier molecular flexibility index (Phi) is 5.70. The number of fused-ring (bicyclic) bond motifs is 1. The van der Waals surface area contributed by atoms with E-state index in [9.17, 15) is 4.79 Å². The lowest BCUT2D eigenvalue weighted by atomic mass is 9.92. The van der Waals surface area contributed by atoms with Gasteiger partial charge in [-0.2, -0.15) is 0 Å². The van der Waals surface area contributed by atoms with Crippen LogP contribution in [-0.4, -0.2) is 41.7 Å². The molecule has 0 bridgehead atoms. The molecule has 4 rings (SSSR count). The number of rotatable bonds is 4. The second-order valence-corrected chi connectivity index (χ2v) is 10.3. The van der Waals surface area contributed by atoms with E-state index in [1.165, 1.54) is 12.8 Å². The number of likely N-dealkylation sites (tertiary alicyclic amines) is 1. The van der Waals surface area contributed by atoms with Crippen molar-refractivity contribution in [3.8, 4) is 5.75 Å². The van der Waals surface area contributed by atoms with Crippen LogP contribution in [0.1, 0.15) is 28.8 Å². The minimum absolute atomic E-state index is 0.158. The SMILES string of the molecule is Cc1c(Br)cc2c(c1Br)OC[C@](CN1CCCC1)(Sc1ccccc1)C2=O. The first kappa shape index (κ1) is 19.5. The lowest BCUT2D eigenvalue weighted by Crippen LogP contribution is -2.52. The summed E-state index contributed by atoms with van der Waals surface area (Å²) in [5.41, 5.74) is 1.71. The summed E-state index contributed by atoms with van der Waals surface area (Å²) in [7, 11) is 0. The van der Waals surface area contributed by atoms with Crippen LogP contribution in [0.3, 0.4) is 0 Å². The molecule has 0 radical (unpaired) electrons. The Morgan fingerprint density at radius 3 is 2.59 bits per heavy atom. The smallest absolute Gasteiger partial charge is 0.187 e. The van der Waals surface area contributed by atoms with Crippen molar-refractivity contribution in [2.75, 3.05) is 26.2 Å². The van der Waals surface area contributed by atoms with Crippen LogP contribution in [0, 0.1) is 6.92 Å². The van der Waals surface area contributed by atoms with Crippen molar-refractivity contribution in [2.45, 2.75) is 29.4 Å². The Balaban J connectivity index is 1.75.